The zero-order chi connectivity index (χ0) is 9.84. The molecule has 1 aromatic heterocycles. The van der Waals surface area contributed by atoms with Crippen LogP contribution in [0.5, 0.6) is 0 Å². The molecule has 0 saturated carbocycles. The number of pyridine rings is 1. The van der Waals surface area contributed by atoms with Crippen LogP contribution in [0.15, 0.2) is 12.1 Å². The summed E-state index contributed by atoms with van der Waals surface area (Å²) in [5, 5.41) is -0.0615. The molecule has 3 nitrogen and oxygen atoms in total. The van der Waals surface area contributed by atoms with Gasteiger partial charge in [0.2, 0.25) is 5.95 Å². The summed E-state index contributed by atoms with van der Waals surface area (Å²) >= 11 is 5.40. The second-order valence-corrected chi connectivity index (χ2v) is 2.74. The standard InChI is InChI=1S/C8H7ClFNO2/c1-13-7(12)4-5-2-3-6(9)8(10)11-5/h2-3H,4H2,1H3. The molecule has 0 spiro atoms. The van der Waals surface area contributed by atoms with E-state index in [2.05, 4.69) is 9.72 Å². The number of halogens is 2. The van der Waals surface area contributed by atoms with Crippen molar-refractivity contribution >= 4 is 17.6 Å². The van der Waals surface area contributed by atoms with Gasteiger partial charge in [-0.15, -0.1) is 0 Å². The van der Waals surface area contributed by atoms with Crippen LogP contribution in [0.2, 0.25) is 5.02 Å². The average Bonchev–Trinajstić information content (AvgIpc) is 2.11. The van der Waals surface area contributed by atoms with Crippen LogP contribution in [0, 0.1) is 5.95 Å². The van der Waals surface area contributed by atoms with Crippen LogP contribution >= 0.6 is 11.6 Å². The SMILES string of the molecule is COC(=O)Cc1ccc(Cl)c(F)n1. The van der Waals surface area contributed by atoms with Gasteiger partial charge in [0.05, 0.1) is 24.2 Å². The maximum absolute atomic E-state index is 12.7. The quantitative estimate of drug-likeness (QED) is 0.541. The molecule has 1 heterocycles. The van der Waals surface area contributed by atoms with Crippen molar-refractivity contribution in [3.8, 4) is 0 Å². The third-order valence-electron chi connectivity index (χ3n) is 1.41. The van der Waals surface area contributed by atoms with Gasteiger partial charge in [-0.2, -0.15) is 4.39 Å². The number of hydrogen-bond acceptors (Lipinski definition) is 3. The fourth-order valence-corrected chi connectivity index (χ4v) is 0.879. The second kappa shape index (κ2) is 4.18. The summed E-state index contributed by atoms with van der Waals surface area (Å²) in [6.45, 7) is 0. The Bertz CT molecular complexity index is 330. The summed E-state index contributed by atoms with van der Waals surface area (Å²) in [6.07, 6.45) is -0.0510. The number of rotatable bonds is 2. The highest BCUT2D eigenvalue weighted by atomic mass is 35.5. The summed E-state index contributed by atoms with van der Waals surface area (Å²) in [6, 6.07) is 2.82. The summed E-state index contributed by atoms with van der Waals surface area (Å²) in [5.41, 5.74) is 0.300. The molecule has 0 atom stereocenters. The molecule has 0 N–H and O–H groups in total. The van der Waals surface area contributed by atoms with E-state index in [4.69, 9.17) is 11.6 Å². The third kappa shape index (κ3) is 2.66. The van der Waals surface area contributed by atoms with E-state index in [1.807, 2.05) is 0 Å². The first-order chi connectivity index (χ1) is 6.13. The molecule has 0 aliphatic heterocycles. The third-order valence-corrected chi connectivity index (χ3v) is 1.70. The van der Waals surface area contributed by atoms with E-state index in [0.717, 1.165) is 0 Å². The van der Waals surface area contributed by atoms with Gasteiger partial charge >= 0.3 is 5.97 Å². The first-order valence-corrected chi connectivity index (χ1v) is 3.89. The molecule has 0 aliphatic rings. The molecule has 0 aliphatic carbocycles. The van der Waals surface area contributed by atoms with Gasteiger partial charge in [0.15, 0.2) is 0 Å². The van der Waals surface area contributed by atoms with Crippen molar-refractivity contribution in [2.24, 2.45) is 0 Å². The van der Waals surface area contributed by atoms with Crippen LogP contribution in [-0.4, -0.2) is 18.1 Å². The van der Waals surface area contributed by atoms with Gasteiger partial charge in [-0.05, 0) is 12.1 Å². The van der Waals surface area contributed by atoms with Crippen molar-refractivity contribution in [2.75, 3.05) is 7.11 Å². The van der Waals surface area contributed by atoms with E-state index in [1.54, 1.807) is 0 Å². The van der Waals surface area contributed by atoms with Gasteiger partial charge in [-0.3, -0.25) is 4.79 Å². The highest BCUT2D eigenvalue weighted by Gasteiger charge is 2.07. The number of ether oxygens (including phenoxy) is 1. The highest BCUT2D eigenvalue weighted by Crippen LogP contribution is 2.12. The number of carbonyl (C=O) groups is 1. The predicted molar refractivity (Wildman–Crippen MR) is 44.9 cm³/mol. The van der Waals surface area contributed by atoms with Gasteiger partial charge in [-0.1, -0.05) is 11.6 Å². The monoisotopic (exact) mass is 203 g/mol. The zero-order valence-electron chi connectivity index (χ0n) is 6.88. The fraction of sp³-hybridized carbons (Fsp3) is 0.250. The van der Waals surface area contributed by atoms with E-state index < -0.39 is 11.9 Å². The van der Waals surface area contributed by atoms with E-state index in [0.29, 0.717) is 5.69 Å². The van der Waals surface area contributed by atoms with E-state index in [9.17, 15) is 9.18 Å². The first-order valence-electron chi connectivity index (χ1n) is 3.51. The molecule has 13 heavy (non-hydrogen) atoms. The lowest BCUT2D eigenvalue weighted by Crippen LogP contribution is -2.06. The Kier molecular flexibility index (Phi) is 3.19. The molecular formula is C8H7ClFNO2. The fourth-order valence-electron chi connectivity index (χ4n) is 0.773. The Labute approximate surface area is 79.5 Å². The number of esters is 1. The molecule has 0 saturated heterocycles. The molecular weight excluding hydrogens is 197 g/mol. The summed E-state index contributed by atoms with van der Waals surface area (Å²) in [5.74, 6) is -1.24. The molecule has 5 heteroatoms. The molecule has 0 amide bonds. The minimum absolute atomic E-state index is 0.0510. The van der Waals surface area contributed by atoms with Gasteiger partial charge in [0, 0.05) is 0 Å². The molecule has 70 valence electrons. The Balaban J connectivity index is 2.79. The van der Waals surface area contributed by atoms with Crippen LogP contribution < -0.4 is 0 Å². The average molecular weight is 204 g/mol. The Morgan fingerprint density at radius 1 is 1.69 bits per heavy atom. The molecule has 0 aromatic carbocycles. The van der Waals surface area contributed by atoms with Crippen LogP contribution in [0.4, 0.5) is 4.39 Å². The van der Waals surface area contributed by atoms with Crippen LogP contribution in [0.25, 0.3) is 0 Å². The molecule has 0 bridgehead atoms. The minimum atomic E-state index is -0.775. The van der Waals surface area contributed by atoms with Crippen molar-refractivity contribution in [3.05, 3.63) is 28.8 Å². The van der Waals surface area contributed by atoms with E-state index >= 15 is 0 Å². The molecule has 0 radical (unpaired) electrons. The maximum atomic E-state index is 12.7. The van der Waals surface area contributed by atoms with E-state index in [-0.39, 0.29) is 11.4 Å². The summed E-state index contributed by atoms with van der Waals surface area (Å²) in [7, 11) is 1.26. The molecule has 0 unspecified atom stereocenters. The summed E-state index contributed by atoms with van der Waals surface area (Å²) < 4.78 is 17.1. The largest absolute Gasteiger partial charge is 0.469 e. The number of aromatic nitrogens is 1. The molecule has 0 fully saturated rings. The first kappa shape index (κ1) is 9.92. The maximum Gasteiger partial charge on any atom is 0.311 e. The number of carbonyl (C=O) groups excluding carboxylic acids is 1. The van der Waals surface area contributed by atoms with Crippen LogP contribution in [0.1, 0.15) is 5.69 Å². The predicted octanol–water partition coefficient (Wildman–Crippen LogP) is 1.59. The van der Waals surface area contributed by atoms with Gasteiger partial charge in [-0.25, -0.2) is 4.98 Å². The topological polar surface area (TPSA) is 39.2 Å². The van der Waals surface area contributed by atoms with Gasteiger partial charge in [0.25, 0.3) is 0 Å². The van der Waals surface area contributed by atoms with Crippen molar-refractivity contribution in [2.45, 2.75) is 6.42 Å². The smallest absolute Gasteiger partial charge is 0.311 e. The minimum Gasteiger partial charge on any atom is -0.469 e. The lowest BCUT2D eigenvalue weighted by molar-refractivity contribution is -0.139. The Morgan fingerprint density at radius 3 is 2.92 bits per heavy atom. The summed E-state index contributed by atoms with van der Waals surface area (Å²) in [4.78, 5) is 14.2. The normalized spacial score (nSPS) is 9.77. The van der Waals surface area contributed by atoms with Crippen molar-refractivity contribution in [1.82, 2.24) is 4.98 Å². The zero-order valence-corrected chi connectivity index (χ0v) is 7.64. The molecule has 1 rings (SSSR count). The van der Waals surface area contributed by atoms with Crippen LogP contribution in [-0.2, 0) is 16.0 Å². The lowest BCUT2D eigenvalue weighted by Gasteiger charge is -1.99. The Hall–Kier alpha value is -1.16. The van der Waals surface area contributed by atoms with Crippen molar-refractivity contribution in [3.63, 3.8) is 0 Å². The van der Waals surface area contributed by atoms with Crippen molar-refractivity contribution < 1.29 is 13.9 Å². The Morgan fingerprint density at radius 2 is 2.38 bits per heavy atom. The number of hydrogen-bond donors (Lipinski definition) is 0. The highest BCUT2D eigenvalue weighted by molar-refractivity contribution is 6.30. The lowest BCUT2D eigenvalue weighted by atomic mass is 10.3. The number of nitrogens with zero attached hydrogens (tertiary/aromatic N) is 1. The number of methoxy groups -OCH3 is 1. The van der Waals surface area contributed by atoms with E-state index in [1.165, 1.54) is 19.2 Å². The van der Waals surface area contributed by atoms with Crippen LogP contribution in [0.3, 0.4) is 0 Å². The van der Waals surface area contributed by atoms with Gasteiger partial charge in [0.1, 0.15) is 0 Å². The van der Waals surface area contributed by atoms with Crippen molar-refractivity contribution in [1.29, 1.82) is 0 Å². The molecule has 1 aromatic rings. The van der Waals surface area contributed by atoms with Gasteiger partial charge < -0.3 is 4.74 Å². The second-order valence-electron chi connectivity index (χ2n) is 2.33.